The van der Waals surface area contributed by atoms with E-state index in [2.05, 4.69) is 20.3 Å². The Hall–Kier alpha value is -4.30. The number of halogens is 1. The van der Waals surface area contributed by atoms with Crippen molar-refractivity contribution in [2.24, 2.45) is 7.05 Å². The topological polar surface area (TPSA) is 161 Å². The Morgan fingerprint density at radius 3 is 2.64 bits per heavy atom. The Morgan fingerprint density at radius 2 is 1.93 bits per heavy atom. The first-order chi connectivity index (χ1) is 19.9. The summed E-state index contributed by atoms with van der Waals surface area (Å²) in [5.74, 6) is 0.149. The summed E-state index contributed by atoms with van der Waals surface area (Å²) in [7, 11) is -2.14. The second-order valence-electron chi connectivity index (χ2n) is 10.2. The van der Waals surface area contributed by atoms with Crippen molar-refractivity contribution >= 4 is 50.1 Å². The number of fused-ring (bicyclic) bond motifs is 1. The number of carbonyl (C=O) groups is 1. The molecule has 0 saturated carbocycles. The zero-order valence-electron chi connectivity index (χ0n) is 23.3. The molecule has 1 saturated heterocycles. The Labute approximate surface area is 247 Å². The Bertz CT molecular complexity index is 1830. The van der Waals surface area contributed by atoms with Crippen LogP contribution in [0.4, 0.5) is 11.6 Å². The monoisotopic (exact) mass is 612 g/mol. The molecule has 4 heterocycles. The van der Waals surface area contributed by atoms with Crippen molar-refractivity contribution in [2.45, 2.75) is 32.4 Å². The van der Waals surface area contributed by atoms with Crippen LogP contribution in [0.5, 0.6) is 5.75 Å². The molecule has 2 N–H and O–H groups in total. The van der Waals surface area contributed by atoms with Crippen molar-refractivity contribution < 1.29 is 17.9 Å². The molecule has 1 aliphatic rings. The number of aromatic nitrogens is 5. The van der Waals surface area contributed by atoms with Crippen molar-refractivity contribution in [2.75, 3.05) is 29.6 Å². The number of sulfonamides is 1. The van der Waals surface area contributed by atoms with Crippen LogP contribution in [0.2, 0.25) is 5.15 Å². The molecule has 1 amide bonds. The number of benzene rings is 1. The number of aryl methyl sites for hydroxylation is 1. The number of pyridine rings is 1. The van der Waals surface area contributed by atoms with Gasteiger partial charge in [0.1, 0.15) is 17.6 Å². The molecule has 3 aromatic heterocycles. The standard InChI is InChI=1S/C27H29ClN8O5S/c1-15-9-19(16(2)31-21-5-6-22(28)32-24(21)25(37)34-42(4,39)40)23-20(10-15)26(38)35(3)27(33-23)36-8-7-17(13-36)41-18-11-29-14-30-12-18/h5-6,9-12,14,16-17,31H,7-8,13H2,1-4H3,(H,34,37)/t16-,17+/m1/s1. The van der Waals surface area contributed by atoms with Gasteiger partial charge in [-0.25, -0.2) is 33.1 Å². The maximum atomic E-state index is 13.6. The van der Waals surface area contributed by atoms with E-state index in [1.54, 1.807) is 31.6 Å². The third-order valence-corrected chi connectivity index (χ3v) is 7.56. The summed E-state index contributed by atoms with van der Waals surface area (Å²) < 4.78 is 32.8. The molecule has 4 aromatic rings. The molecule has 15 heteroatoms. The highest BCUT2D eigenvalue weighted by Crippen LogP contribution is 2.30. The fraction of sp³-hybridized carbons (Fsp3) is 0.333. The highest BCUT2D eigenvalue weighted by Gasteiger charge is 2.28. The molecular weight excluding hydrogens is 584 g/mol. The van der Waals surface area contributed by atoms with Gasteiger partial charge < -0.3 is 15.0 Å². The van der Waals surface area contributed by atoms with Crippen LogP contribution in [0.1, 0.15) is 41.0 Å². The summed E-state index contributed by atoms with van der Waals surface area (Å²) in [5.41, 5.74) is 1.94. The van der Waals surface area contributed by atoms with Crippen LogP contribution >= 0.6 is 11.6 Å². The second kappa shape index (κ2) is 11.5. The van der Waals surface area contributed by atoms with Crippen LogP contribution in [-0.4, -0.2) is 64.3 Å². The molecule has 0 unspecified atom stereocenters. The van der Waals surface area contributed by atoms with E-state index in [0.29, 0.717) is 41.3 Å². The smallest absolute Gasteiger partial charge is 0.285 e. The number of hydrogen-bond acceptors (Lipinski definition) is 11. The zero-order valence-corrected chi connectivity index (χ0v) is 24.9. The summed E-state index contributed by atoms with van der Waals surface area (Å²) in [6, 6.07) is 6.27. The van der Waals surface area contributed by atoms with Crippen molar-refractivity contribution in [1.29, 1.82) is 0 Å². The molecule has 1 aromatic carbocycles. The van der Waals surface area contributed by atoms with E-state index in [9.17, 15) is 18.0 Å². The van der Waals surface area contributed by atoms with Gasteiger partial charge in [0.2, 0.25) is 16.0 Å². The summed E-state index contributed by atoms with van der Waals surface area (Å²) in [4.78, 5) is 45.3. The minimum atomic E-state index is -3.84. The number of hydrogen-bond donors (Lipinski definition) is 2. The molecule has 5 rings (SSSR count). The van der Waals surface area contributed by atoms with Gasteiger partial charge in [0.25, 0.3) is 11.5 Å². The Morgan fingerprint density at radius 1 is 1.19 bits per heavy atom. The van der Waals surface area contributed by atoms with Gasteiger partial charge in [-0.15, -0.1) is 0 Å². The zero-order chi connectivity index (χ0) is 30.2. The van der Waals surface area contributed by atoms with Gasteiger partial charge in [-0.2, -0.15) is 0 Å². The molecule has 42 heavy (non-hydrogen) atoms. The van der Waals surface area contributed by atoms with Crippen LogP contribution in [0, 0.1) is 6.92 Å². The number of rotatable bonds is 8. The third-order valence-electron chi connectivity index (χ3n) is 6.79. The first-order valence-electron chi connectivity index (χ1n) is 13.0. The van der Waals surface area contributed by atoms with Crippen molar-refractivity contribution in [3.05, 3.63) is 75.3 Å². The number of nitrogens with zero attached hydrogens (tertiary/aromatic N) is 6. The Balaban J connectivity index is 1.49. The van der Waals surface area contributed by atoms with Crippen LogP contribution in [0.15, 0.2) is 47.8 Å². The number of carbonyl (C=O) groups excluding carboxylic acids is 1. The lowest BCUT2D eigenvalue weighted by Gasteiger charge is -2.23. The molecule has 0 aliphatic carbocycles. The normalized spacial score (nSPS) is 15.9. The van der Waals surface area contributed by atoms with E-state index in [0.717, 1.165) is 18.2 Å². The molecule has 2 atom stereocenters. The predicted octanol–water partition coefficient (Wildman–Crippen LogP) is 2.60. The van der Waals surface area contributed by atoms with Gasteiger partial charge in [-0.05, 0) is 37.6 Å². The van der Waals surface area contributed by atoms with Gasteiger partial charge in [-0.3, -0.25) is 14.2 Å². The summed E-state index contributed by atoms with van der Waals surface area (Å²) in [5, 5.41) is 3.70. The lowest BCUT2D eigenvalue weighted by Crippen LogP contribution is -2.32. The van der Waals surface area contributed by atoms with Crippen molar-refractivity contribution in [3.63, 3.8) is 0 Å². The summed E-state index contributed by atoms with van der Waals surface area (Å²) in [6.45, 7) is 4.88. The minimum absolute atomic E-state index is 0.0235. The molecule has 0 bridgehead atoms. The first-order valence-corrected chi connectivity index (χ1v) is 15.3. The highest BCUT2D eigenvalue weighted by molar-refractivity contribution is 7.89. The predicted molar refractivity (Wildman–Crippen MR) is 159 cm³/mol. The van der Waals surface area contributed by atoms with Crippen molar-refractivity contribution in [3.8, 4) is 5.75 Å². The number of anilines is 2. The SMILES string of the molecule is Cc1cc([C@@H](C)Nc2ccc(Cl)nc2C(=O)NS(C)(=O)=O)c2nc(N3CC[C@H](Oc4cncnc4)C3)n(C)c(=O)c2c1. The number of amides is 1. The van der Waals surface area contributed by atoms with Gasteiger partial charge in [-0.1, -0.05) is 17.7 Å². The fourth-order valence-corrected chi connectivity index (χ4v) is 5.53. The van der Waals surface area contributed by atoms with Crippen LogP contribution < -0.4 is 25.2 Å². The molecule has 1 aliphatic heterocycles. The molecule has 0 radical (unpaired) electrons. The van der Waals surface area contributed by atoms with Gasteiger partial charge in [0.15, 0.2) is 11.4 Å². The number of ether oxygens (including phenoxy) is 1. The molecule has 13 nitrogen and oxygen atoms in total. The average Bonchev–Trinajstić information content (AvgIpc) is 3.39. The third kappa shape index (κ3) is 6.29. The highest BCUT2D eigenvalue weighted by atomic mass is 35.5. The van der Waals surface area contributed by atoms with Crippen LogP contribution in [0.25, 0.3) is 10.9 Å². The molecule has 1 fully saturated rings. The second-order valence-corrected chi connectivity index (χ2v) is 12.3. The van der Waals surface area contributed by atoms with Gasteiger partial charge in [0, 0.05) is 25.6 Å². The number of nitrogens with one attached hydrogen (secondary N) is 2. The maximum absolute atomic E-state index is 13.6. The Kier molecular flexibility index (Phi) is 8.01. The molecule has 0 spiro atoms. The molecule has 220 valence electrons. The quantitative estimate of drug-likeness (QED) is 0.281. The maximum Gasteiger partial charge on any atom is 0.285 e. The van der Waals surface area contributed by atoms with Crippen LogP contribution in [0.3, 0.4) is 0 Å². The van der Waals surface area contributed by atoms with E-state index in [1.807, 2.05) is 29.5 Å². The van der Waals surface area contributed by atoms with Crippen molar-refractivity contribution in [1.82, 2.24) is 29.2 Å². The first kappa shape index (κ1) is 29.2. The lowest BCUT2D eigenvalue weighted by molar-refractivity contribution is 0.0977. The minimum Gasteiger partial charge on any atom is -0.485 e. The van der Waals surface area contributed by atoms with E-state index in [1.165, 1.54) is 17.0 Å². The lowest BCUT2D eigenvalue weighted by atomic mass is 10.0. The van der Waals surface area contributed by atoms with E-state index in [4.69, 9.17) is 21.3 Å². The van der Waals surface area contributed by atoms with Gasteiger partial charge >= 0.3 is 0 Å². The van der Waals surface area contributed by atoms with E-state index in [-0.39, 0.29) is 28.2 Å². The summed E-state index contributed by atoms with van der Waals surface area (Å²) >= 11 is 6.02. The van der Waals surface area contributed by atoms with E-state index < -0.39 is 22.0 Å². The molecular formula is C27H29ClN8O5S. The van der Waals surface area contributed by atoms with E-state index >= 15 is 0 Å². The summed E-state index contributed by atoms with van der Waals surface area (Å²) in [6.07, 6.45) is 6.12. The average molecular weight is 613 g/mol. The largest absolute Gasteiger partial charge is 0.485 e. The fourth-order valence-electron chi connectivity index (χ4n) is 4.95. The van der Waals surface area contributed by atoms with Gasteiger partial charge in [0.05, 0.1) is 47.8 Å². The van der Waals surface area contributed by atoms with Crippen LogP contribution in [-0.2, 0) is 17.1 Å².